The molecule has 0 saturated carbocycles. The molecule has 0 aliphatic carbocycles. The number of carbonyl (C=O) groups is 2. The van der Waals surface area contributed by atoms with Gasteiger partial charge in [0.25, 0.3) is 5.91 Å². The molecule has 2 aliphatic heterocycles. The second-order valence-electron chi connectivity index (χ2n) is 8.83. The second kappa shape index (κ2) is 9.14. The van der Waals surface area contributed by atoms with Gasteiger partial charge in [0.1, 0.15) is 6.04 Å². The van der Waals surface area contributed by atoms with E-state index in [1.165, 1.54) is 4.90 Å². The predicted molar refractivity (Wildman–Crippen MR) is 128 cm³/mol. The fraction of sp³-hybridized carbons (Fsp3) is 0.250. The molecule has 172 valence electrons. The Kier molecular flexibility index (Phi) is 5.88. The molecule has 0 aromatic heterocycles. The largest absolute Gasteiger partial charge is 0.451 e. The van der Waals surface area contributed by atoms with Crippen LogP contribution in [0, 0.1) is 5.92 Å². The molecule has 3 aromatic rings. The molecular weight excluding hydrogens is 428 g/mol. The number of fused-ring (bicyclic) bond motifs is 1. The Morgan fingerprint density at radius 2 is 1.41 bits per heavy atom. The first-order valence-corrected chi connectivity index (χ1v) is 11.5. The topological polar surface area (TPSA) is 68.2 Å². The summed E-state index contributed by atoms with van der Waals surface area (Å²) in [4.78, 5) is 32.5. The van der Waals surface area contributed by atoms with E-state index in [-0.39, 0.29) is 11.8 Å². The molecule has 0 spiro atoms. The van der Waals surface area contributed by atoms with Crippen LogP contribution >= 0.6 is 0 Å². The molecule has 5 rings (SSSR count). The molecule has 3 atom stereocenters. The lowest BCUT2D eigenvalue weighted by Gasteiger charge is -2.45. The molecule has 2 heterocycles. The molecule has 1 amide bonds. The lowest BCUT2D eigenvalue weighted by atomic mass is 9.94. The van der Waals surface area contributed by atoms with Crippen LogP contribution in [-0.4, -0.2) is 41.0 Å². The van der Waals surface area contributed by atoms with Crippen molar-refractivity contribution in [3.8, 4) is 0 Å². The number of hydrogen-bond acceptors (Lipinski definition) is 5. The number of esters is 1. The summed E-state index contributed by atoms with van der Waals surface area (Å²) in [5, 5.41) is 0. The van der Waals surface area contributed by atoms with Crippen LogP contribution in [0.1, 0.15) is 36.6 Å². The number of hydrogen-bond donors (Lipinski definition) is 0. The molecule has 2 unspecified atom stereocenters. The molecule has 1 fully saturated rings. The number of carbonyl (C=O) groups excluding carboxylic acids is 2. The Morgan fingerprint density at radius 1 is 0.882 bits per heavy atom. The summed E-state index contributed by atoms with van der Waals surface area (Å²) in [6.07, 6.45) is -1.18. The van der Waals surface area contributed by atoms with E-state index in [1.807, 2.05) is 105 Å². The quantitative estimate of drug-likeness (QED) is 0.393. The maximum atomic E-state index is 13.6. The number of amides is 1. The average molecular weight is 455 g/mol. The van der Waals surface area contributed by atoms with Crippen molar-refractivity contribution < 1.29 is 19.1 Å². The van der Waals surface area contributed by atoms with E-state index in [0.29, 0.717) is 5.90 Å². The minimum atomic E-state index is -0.783. The van der Waals surface area contributed by atoms with Crippen LogP contribution in [0.2, 0.25) is 0 Å². The van der Waals surface area contributed by atoms with Crippen molar-refractivity contribution in [1.82, 2.24) is 4.90 Å². The third kappa shape index (κ3) is 3.96. The first kappa shape index (κ1) is 21.9. The SMILES string of the molecule is CC(C)C(C(=O)OC(c1ccccc1)c1ccccc1)N1C(=O)C2N=C(c3ccccc3)O[C@H]21. The third-order valence-corrected chi connectivity index (χ3v) is 6.17. The Bertz CT molecular complexity index is 1160. The summed E-state index contributed by atoms with van der Waals surface area (Å²) >= 11 is 0. The minimum Gasteiger partial charge on any atom is -0.451 e. The molecule has 6 heteroatoms. The normalized spacial score (nSPS) is 19.8. The summed E-state index contributed by atoms with van der Waals surface area (Å²) in [7, 11) is 0. The van der Waals surface area contributed by atoms with Crippen molar-refractivity contribution >= 4 is 17.8 Å². The molecule has 34 heavy (non-hydrogen) atoms. The number of β-lactam (4-membered cyclic amide) rings is 1. The number of ether oxygens (including phenoxy) is 2. The zero-order chi connectivity index (χ0) is 23.7. The fourth-order valence-corrected chi connectivity index (χ4v) is 4.48. The van der Waals surface area contributed by atoms with E-state index in [4.69, 9.17) is 9.47 Å². The Morgan fingerprint density at radius 3 is 1.94 bits per heavy atom. The van der Waals surface area contributed by atoms with Gasteiger partial charge in [-0.15, -0.1) is 0 Å². The van der Waals surface area contributed by atoms with Crippen LogP contribution in [-0.2, 0) is 19.1 Å². The predicted octanol–water partition coefficient (Wildman–Crippen LogP) is 4.36. The molecular formula is C28H26N2O4. The van der Waals surface area contributed by atoms with Gasteiger partial charge < -0.3 is 9.47 Å². The smallest absolute Gasteiger partial charge is 0.330 e. The van der Waals surface area contributed by atoms with E-state index < -0.39 is 30.4 Å². The highest BCUT2D eigenvalue weighted by molar-refractivity contribution is 6.03. The summed E-state index contributed by atoms with van der Waals surface area (Å²) in [6.45, 7) is 3.81. The van der Waals surface area contributed by atoms with Crippen LogP contribution in [0.4, 0.5) is 0 Å². The first-order valence-electron chi connectivity index (χ1n) is 11.5. The van der Waals surface area contributed by atoms with E-state index in [2.05, 4.69) is 4.99 Å². The van der Waals surface area contributed by atoms with Crippen LogP contribution in [0.3, 0.4) is 0 Å². The van der Waals surface area contributed by atoms with E-state index in [9.17, 15) is 9.59 Å². The highest BCUT2D eigenvalue weighted by Crippen LogP contribution is 2.36. The van der Waals surface area contributed by atoms with Gasteiger partial charge in [-0.25, -0.2) is 9.79 Å². The van der Waals surface area contributed by atoms with Gasteiger partial charge in [0.2, 0.25) is 12.1 Å². The van der Waals surface area contributed by atoms with E-state index in [0.717, 1.165) is 16.7 Å². The van der Waals surface area contributed by atoms with Gasteiger partial charge in [-0.05, 0) is 29.2 Å². The fourth-order valence-electron chi connectivity index (χ4n) is 4.48. The Labute approximate surface area is 198 Å². The van der Waals surface area contributed by atoms with Gasteiger partial charge in [-0.2, -0.15) is 0 Å². The molecule has 2 aliphatic rings. The number of nitrogens with zero attached hydrogens (tertiary/aromatic N) is 2. The summed E-state index contributed by atoms with van der Waals surface area (Å²) in [5.41, 5.74) is 2.54. The first-order chi connectivity index (χ1) is 16.5. The van der Waals surface area contributed by atoms with Gasteiger partial charge in [0.05, 0.1) is 0 Å². The van der Waals surface area contributed by atoms with Crippen molar-refractivity contribution in [3.63, 3.8) is 0 Å². The molecule has 0 radical (unpaired) electrons. The second-order valence-corrected chi connectivity index (χ2v) is 8.83. The Balaban J connectivity index is 1.38. The van der Waals surface area contributed by atoms with Gasteiger partial charge in [0.15, 0.2) is 12.1 Å². The number of rotatable bonds is 7. The van der Waals surface area contributed by atoms with Crippen molar-refractivity contribution in [2.75, 3.05) is 0 Å². The van der Waals surface area contributed by atoms with Gasteiger partial charge in [0, 0.05) is 5.56 Å². The van der Waals surface area contributed by atoms with Crippen LogP contribution in [0.15, 0.2) is 96.0 Å². The van der Waals surface area contributed by atoms with E-state index >= 15 is 0 Å². The van der Waals surface area contributed by atoms with Crippen molar-refractivity contribution in [1.29, 1.82) is 0 Å². The average Bonchev–Trinajstić information content (AvgIpc) is 3.27. The molecule has 6 nitrogen and oxygen atoms in total. The summed E-state index contributed by atoms with van der Waals surface area (Å²) in [6, 6.07) is 27.3. The lowest BCUT2D eigenvalue weighted by molar-refractivity contribution is -0.184. The van der Waals surface area contributed by atoms with Crippen LogP contribution in [0.5, 0.6) is 0 Å². The molecule has 0 bridgehead atoms. The maximum absolute atomic E-state index is 13.6. The number of likely N-dealkylation sites (tertiary alicyclic amines) is 1. The zero-order valence-corrected chi connectivity index (χ0v) is 19.1. The highest BCUT2D eigenvalue weighted by Gasteiger charge is 2.58. The summed E-state index contributed by atoms with van der Waals surface area (Å²) in [5.74, 6) is -0.429. The van der Waals surface area contributed by atoms with Crippen molar-refractivity contribution in [3.05, 3.63) is 108 Å². The standard InChI is InChI=1S/C28H26N2O4/c1-18(2)23(30-26(31)22-27(30)34-25(29-22)21-16-10-5-11-17-21)28(32)33-24(19-12-6-3-7-13-19)20-14-8-4-9-15-20/h3-18,22-24,27H,1-2H3/t22?,23?,27-/m1/s1. The van der Waals surface area contributed by atoms with Crippen molar-refractivity contribution in [2.45, 2.75) is 38.3 Å². The van der Waals surface area contributed by atoms with Gasteiger partial charge >= 0.3 is 5.97 Å². The minimum absolute atomic E-state index is 0.172. The van der Waals surface area contributed by atoms with Gasteiger partial charge in [-0.3, -0.25) is 9.69 Å². The van der Waals surface area contributed by atoms with Crippen LogP contribution < -0.4 is 0 Å². The zero-order valence-electron chi connectivity index (χ0n) is 19.1. The lowest BCUT2D eigenvalue weighted by Crippen LogP contribution is -2.69. The molecule has 0 N–H and O–H groups in total. The number of benzene rings is 3. The van der Waals surface area contributed by atoms with Crippen molar-refractivity contribution in [2.24, 2.45) is 10.9 Å². The van der Waals surface area contributed by atoms with Gasteiger partial charge in [-0.1, -0.05) is 92.7 Å². The third-order valence-electron chi connectivity index (χ3n) is 6.17. The maximum Gasteiger partial charge on any atom is 0.330 e. The monoisotopic (exact) mass is 454 g/mol. The number of aliphatic imine (C=N–C) groups is 1. The Hall–Kier alpha value is -3.93. The van der Waals surface area contributed by atoms with E-state index in [1.54, 1.807) is 0 Å². The molecule has 1 saturated heterocycles. The molecule has 3 aromatic carbocycles. The summed E-state index contributed by atoms with van der Waals surface area (Å²) < 4.78 is 12.1. The van der Waals surface area contributed by atoms with Crippen LogP contribution in [0.25, 0.3) is 0 Å². The highest BCUT2D eigenvalue weighted by atomic mass is 16.6.